The predicted octanol–water partition coefficient (Wildman–Crippen LogP) is 3.08. The van der Waals surface area contributed by atoms with Crippen LogP contribution in [0.1, 0.15) is 29.0 Å². The van der Waals surface area contributed by atoms with Gasteiger partial charge >= 0.3 is 0 Å². The molecule has 1 unspecified atom stereocenters. The molecule has 0 radical (unpaired) electrons. The lowest BCUT2D eigenvalue weighted by molar-refractivity contribution is 0.157. The quantitative estimate of drug-likeness (QED) is 0.850. The zero-order valence-corrected chi connectivity index (χ0v) is 13.6. The zero-order valence-electron chi connectivity index (χ0n) is 13.6. The Balaban J connectivity index is 1.77. The van der Waals surface area contributed by atoms with E-state index >= 15 is 0 Å². The van der Waals surface area contributed by atoms with E-state index in [9.17, 15) is 0 Å². The molecule has 1 aromatic heterocycles. The van der Waals surface area contributed by atoms with Gasteiger partial charge in [0.05, 0.1) is 12.3 Å². The number of hydrogen-bond donors (Lipinski definition) is 0. The van der Waals surface area contributed by atoms with Crippen molar-refractivity contribution in [2.45, 2.75) is 32.2 Å². The number of hydrogen-bond acceptors (Lipinski definition) is 4. The highest BCUT2D eigenvalue weighted by atomic mass is 16.5. The lowest BCUT2D eigenvalue weighted by atomic mass is 9.79. The third-order valence-electron chi connectivity index (χ3n) is 4.67. The largest absolute Gasteiger partial charge is 0.380 e. The topological polar surface area (TPSA) is 38.5 Å². The van der Waals surface area contributed by atoms with Crippen molar-refractivity contribution in [2.24, 2.45) is 0 Å². The molecule has 2 aromatic rings. The summed E-state index contributed by atoms with van der Waals surface area (Å²) in [4.78, 5) is 2.36. The Morgan fingerprint density at radius 1 is 1.23 bits per heavy atom. The van der Waals surface area contributed by atoms with E-state index in [0.29, 0.717) is 0 Å². The Morgan fingerprint density at radius 2 is 2.00 bits per heavy atom. The lowest BCUT2D eigenvalue weighted by Gasteiger charge is -2.33. The van der Waals surface area contributed by atoms with Crippen molar-refractivity contribution in [2.75, 3.05) is 26.8 Å². The van der Waals surface area contributed by atoms with Crippen LogP contribution in [0.2, 0.25) is 0 Å². The summed E-state index contributed by atoms with van der Waals surface area (Å²) in [7, 11) is 2.16. The first-order valence-electron chi connectivity index (χ1n) is 7.84. The van der Waals surface area contributed by atoms with E-state index in [1.54, 1.807) is 0 Å². The Labute approximate surface area is 132 Å². The van der Waals surface area contributed by atoms with Gasteiger partial charge in [-0.1, -0.05) is 35.5 Å². The molecule has 4 nitrogen and oxygen atoms in total. The zero-order chi connectivity index (χ0) is 15.6. The summed E-state index contributed by atoms with van der Waals surface area (Å²) < 4.78 is 11.0. The van der Waals surface area contributed by atoms with Crippen LogP contribution in [0.25, 0.3) is 0 Å². The first-order chi connectivity index (χ1) is 10.6. The molecular weight excluding hydrogens is 276 g/mol. The normalized spacial score (nSPS) is 21.6. The highest BCUT2D eigenvalue weighted by molar-refractivity contribution is 5.28. The molecule has 1 aliphatic rings. The maximum Gasteiger partial charge on any atom is 0.138 e. The van der Waals surface area contributed by atoms with Crippen molar-refractivity contribution in [1.82, 2.24) is 10.1 Å². The van der Waals surface area contributed by atoms with E-state index in [2.05, 4.69) is 47.4 Å². The molecular formula is C18H24N2O2. The van der Waals surface area contributed by atoms with Crippen molar-refractivity contribution >= 4 is 0 Å². The van der Waals surface area contributed by atoms with Crippen LogP contribution in [0.5, 0.6) is 0 Å². The van der Waals surface area contributed by atoms with Gasteiger partial charge in [0, 0.05) is 30.7 Å². The molecule has 0 saturated carbocycles. The van der Waals surface area contributed by atoms with E-state index in [4.69, 9.17) is 9.26 Å². The van der Waals surface area contributed by atoms with Crippen LogP contribution in [-0.2, 0) is 16.7 Å². The fraction of sp³-hybridized carbons (Fsp3) is 0.500. The highest BCUT2D eigenvalue weighted by Crippen LogP contribution is 2.34. The molecule has 1 fully saturated rings. The van der Waals surface area contributed by atoms with Crippen molar-refractivity contribution in [1.29, 1.82) is 0 Å². The molecule has 1 saturated heterocycles. The van der Waals surface area contributed by atoms with Crippen LogP contribution in [0.3, 0.4) is 0 Å². The second-order valence-electron chi connectivity index (χ2n) is 6.42. The van der Waals surface area contributed by atoms with Gasteiger partial charge in [0.15, 0.2) is 0 Å². The number of rotatable bonds is 5. The summed E-state index contributed by atoms with van der Waals surface area (Å²) in [5.41, 5.74) is 3.65. The fourth-order valence-corrected chi connectivity index (χ4v) is 3.41. The van der Waals surface area contributed by atoms with Crippen molar-refractivity contribution < 1.29 is 9.26 Å². The average molecular weight is 300 g/mol. The van der Waals surface area contributed by atoms with Crippen molar-refractivity contribution in [3.8, 4) is 0 Å². The number of nitrogens with zero attached hydrogens (tertiary/aromatic N) is 2. The van der Waals surface area contributed by atoms with E-state index < -0.39 is 0 Å². The Kier molecular flexibility index (Phi) is 4.32. The van der Waals surface area contributed by atoms with E-state index in [1.807, 2.05) is 13.8 Å². The van der Waals surface area contributed by atoms with E-state index in [1.165, 1.54) is 11.1 Å². The number of ether oxygens (including phenoxy) is 1. The molecule has 4 heteroatoms. The third-order valence-corrected chi connectivity index (χ3v) is 4.67. The summed E-state index contributed by atoms with van der Waals surface area (Å²) in [5.74, 6) is 0.917. The Hall–Kier alpha value is -1.65. The van der Waals surface area contributed by atoms with Crippen LogP contribution in [-0.4, -0.2) is 36.9 Å². The molecule has 0 amide bonds. The summed E-state index contributed by atoms with van der Waals surface area (Å²) in [5, 5.41) is 4.05. The van der Waals surface area contributed by atoms with Gasteiger partial charge in [-0.2, -0.15) is 0 Å². The van der Waals surface area contributed by atoms with Gasteiger partial charge in [0.2, 0.25) is 0 Å². The summed E-state index contributed by atoms with van der Waals surface area (Å²) in [6.45, 7) is 7.45. The molecule has 0 spiro atoms. The standard InChI is InChI=1S/C18H24N2O2/c1-14-17(15(2)22-19-14)11-20(3)12-18(9-10-21-13-18)16-7-5-4-6-8-16/h4-8H,9-13H2,1-3H3. The molecule has 0 bridgehead atoms. The first-order valence-corrected chi connectivity index (χ1v) is 7.84. The average Bonchev–Trinajstić information content (AvgIpc) is 3.11. The first kappa shape index (κ1) is 15.3. The molecule has 0 N–H and O–H groups in total. The minimum atomic E-state index is 0.0922. The SMILES string of the molecule is Cc1noc(C)c1CN(C)CC1(c2ccccc2)CCOC1. The molecule has 22 heavy (non-hydrogen) atoms. The lowest BCUT2D eigenvalue weighted by Crippen LogP contribution is -2.39. The van der Waals surface area contributed by atoms with Crippen LogP contribution in [0, 0.1) is 13.8 Å². The number of likely N-dealkylation sites (N-methyl/N-ethyl adjacent to an activating group) is 1. The molecule has 1 atom stereocenters. The molecule has 3 rings (SSSR count). The highest BCUT2D eigenvalue weighted by Gasteiger charge is 2.37. The van der Waals surface area contributed by atoms with Gasteiger partial charge in [-0.3, -0.25) is 0 Å². The van der Waals surface area contributed by atoms with Crippen LogP contribution in [0.4, 0.5) is 0 Å². The number of aromatic nitrogens is 1. The minimum absolute atomic E-state index is 0.0922. The smallest absolute Gasteiger partial charge is 0.138 e. The van der Waals surface area contributed by atoms with Gasteiger partial charge in [-0.25, -0.2) is 0 Å². The molecule has 1 aliphatic heterocycles. The summed E-state index contributed by atoms with van der Waals surface area (Å²) >= 11 is 0. The monoisotopic (exact) mass is 300 g/mol. The third kappa shape index (κ3) is 2.94. The summed E-state index contributed by atoms with van der Waals surface area (Å²) in [6, 6.07) is 10.7. The predicted molar refractivity (Wildman–Crippen MR) is 85.9 cm³/mol. The minimum Gasteiger partial charge on any atom is -0.380 e. The molecule has 118 valence electrons. The molecule has 2 heterocycles. The maximum atomic E-state index is 5.74. The van der Waals surface area contributed by atoms with Crippen LogP contribution in [0.15, 0.2) is 34.9 Å². The van der Waals surface area contributed by atoms with Crippen molar-refractivity contribution in [3.63, 3.8) is 0 Å². The van der Waals surface area contributed by atoms with Crippen LogP contribution < -0.4 is 0 Å². The summed E-state index contributed by atoms with van der Waals surface area (Å²) in [6.07, 6.45) is 1.07. The fourth-order valence-electron chi connectivity index (χ4n) is 3.41. The second kappa shape index (κ2) is 6.23. The van der Waals surface area contributed by atoms with Crippen LogP contribution >= 0.6 is 0 Å². The van der Waals surface area contributed by atoms with Gasteiger partial charge in [-0.15, -0.1) is 0 Å². The van der Waals surface area contributed by atoms with Crippen molar-refractivity contribution in [3.05, 3.63) is 52.9 Å². The molecule has 0 aliphatic carbocycles. The molecule has 1 aromatic carbocycles. The Morgan fingerprint density at radius 3 is 2.59 bits per heavy atom. The van der Waals surface area contributed by atoms with Gasteiger partial charge < -0.3 is 14.2 Å². The van der Waals surface area contributed by atoms with E-state index in [0.717, 1.165) is 44.2 Å². The van der Waals surface area contributed by atoms with Gasteiger partial charge in [0.25, 0.3) is 0 Å². The van der Waals surface area contributed by atoms with E-state index in [-0.39, 0.29) is 5.41 Å². The van der Waals surface area contributed by atoms with Gasteiger partial charge in [-0.05, 0) is 32.9 Å². The number of benzene rings is 1. The van der Waals surface area contributed by atoms with Gasteiger partial charge in [0.1, 0.15) is 5.76 Å². The number of aryl methyl sites for hydroxylation is 2. The second-order valence-corrected chi connectivity index (χ2v) is 6.42. The Bertz CT molecular complexity index is 596. The maximum absolute atomic E-state index is 5.74.